The molecule has 0 spiro atoms. The van der Waals surface area contributed by atoms with Crippen molar-refractivity contribution in [3.8, 4) is 5.75 Å². The second kappa shape index (κ2) is 8.73. The number of halogens is 3. The van der Waals surface area contributed by atoms with E-state index in [1.54, 1.807) is 6.07 Å². The third-order valence-corrected chi connectivity index (χ3v) is 5.12. The van der Waals surface area contributed by atoms with E-state index in [9.17, 15) is 13.2 Å². The van der Waals surface area contributed by atoms with Crippen LogP contribution in [0.15, 0.2) is 72.4 Å². The molecule has 1 unspecified atom stereocenters. The summed E-state index contributed by atoms with van der Waals surface area (Å²) in [5.41, 5.74) is 1.68. The number of hydrogen-bond donors (Lipinski definition) is 0. The van der Waals surface area contributed by atoms with Gasteiger partial charge < -0.3 is 4.74 Å². The average molecular weight is 413 g/mol. The molecular weight excluding hydrogens is 391 g/mol. The zero-order chi connectivity index (χ0) is 21.0. The lowest BCUT2D eigenvalue weighted by molar-refractivity contribution is -0.0888. The molecule has 30 heavy (non-hydrogen) atoms. The van der Waals surface area contributed by atoms with Gasteiger partial charge in [-0.15, -0.1) is 0 Å². The third kappa shape index (κ3) is 4.90. The van der Waals surface area contributed by atoms with Crippen LogP contribution in [0.3, 0.4) is 0 Å². The van der Waals surface area contributed by atoms with E-state index in [2.05, 4.69) is 16.0 Å². The summed E-state index contributed by atoms with van der Waals surface area (Å²) in [6.07, 6.45) is 10.6. The van der Waals surface area contributed by atoms with Crippen molar-refractivity contribution < 1.29 is 17.9 Å². The second-order valence-corrected chi connectivity index (χ2v) is 7.36. The SMILES string of the molecule is FC(F)(F)C1=CN(c2cnccn2)C(Oc2cccc(C=C3CCCCC3)c2)C=C1. The number of rotatable bonds is 4. The normalized spacial score (nSPS) is 19.4. The van der Waals surface area contributed by atoms with Crippen LogP contribution >= 0.6 is 0 Å². The number of alkyl halides is 3. The summed E-state index contributed by atoms with van der Waals surface area (Å²) in [6, 6.07) is 7.61. The Labute approximate surface area is 173 Å². The van der Waals surface area contributed by atoms with Crippen LogP contribution in [0, 0.1) is 0 Å². The second-order valence-electron chi connectivity index (χ2n) is 7.36. The van der Waals surface area contributed by atoms with Crippen LogP contribution in [0.5, 0.6) is 5.75 Å². The lowest BCUT2D eigenvalue weighted by Gasteiger charge is -2.31. The van der Waals surface area contributed by atoms with Gasteiger partial charge in [-0.3, -0.25) is 9.88 Å². The minimum atomic E-state index is -4.46. The standard InChI is InChI=1S/C23H22F3N3O/c24-23(25,26)19-9-10-22(29(16-19)21-15-27-11-12-28-21)30-20-8-4-7-18(14-20)13-17-5-2-1-3-6-17/h4,7-16,22H,1-3,5-6H2. The van der Waals surface area contributed by atoms with Gasteiger partial charge in [0, 0.05) is 18.6 Å². The lowest BCUT2D eigenvalue weighted by Crippen LogP contribution is -2.38. The fourth-order valence-corrected chi connectivity index (χ4v) is 3.63. The first-order chi connectivity index (χ1) is 14.5. The molecular formula is C23H22F3N3O. The molecule has 7 heteroatoms. The van der Waals surface area contributed by atoms with Gasteiger partial charge in [0.15, 0.2) is 12.0 Å². The predicted molar refractivity (Wildman–Crippen MR) is 110 cm³/mol. The van der Waals surface area contributed by atoms with E-state index in [0.717, 1.165) is 30.7 Å². The van der Waals surface area contributed by atoms with E-state index in [1.807, 2.05) is 18.2 Å². The third-order valence-electron chi connectivity index (χ3n) is 5.12. The van der Waals surface area contributed by atoms with Gasteiger partial charge in [0.25, 0.3) is 0 Å². The van der Waals surface area contributed by atoms with Gasteiger partial charge in [0.05, 0.1) is 11.8 Å². The Kier molecular flexibility index (Phi) is 5.88. The zero-order valence-electron chi connectivity index (χ0n) is 16.3. The molecule has 0 radical (unpaired) electrons. The fraction of sp³-hybridized carbons (Fsp3) is 0.304. The Balaban J connectivity index is 1.58. The van der Waals surface area contributed by atoms with Crippen molar-refractivity contribution in [1.29, 1.82) is 0 Å². The van der Waals surface area contributed by atoms with Crippen LogP contribution in [0.25, 0.3) is 6.08 Å². The van der Waals surface area contributed by atoms with Crippen molar-refractivity contribution in [2.75, 3.05) is 4.90 Å². The maximum atomic E-state index is 13.2. The van der Waals surface area contributed by atoms with Gasteiger partial charge in [0.2, 0.25) is 0 Å². The number of benzene rings is 1. The Morgan fingerprint density at radius 2 is 1.93 bits per heavy atom. The molecule has 2 aliphatic rings. The highest BCUT2D eigenvalue weighted by Gasteiger charge is 2.36. The van der Waals surface area contributed by atoms with Crippen LogP contribution in [-0.2, 0) is 0 Å². The van der Waals surface area contributed by atoms with Crippen LogP contribution in [0.2, 0.25) is 0 Å². The quantitative estimate of drug-likeness (QED) is 0.611. The molecule has 156 valence electrons. The van der Waals surface area contributed by atoms with Crippen LogP contribution in [0.4, 0.5) is 19.0 Å². The zero-order valence-corrected chi connectivity index (χ0v) is 16.3. The fourth-order valence-electron chi connectivity index (χ4n) is 3.63. The van der Waals surface area contributed by atoms with E-state index in [-0.39, 0.29) is 5.82 Å². The van der Waals surface area contributed by atoms with Crippen LogP contribution in [0.1, 0.15) is 37.7 Å². The van der Waals surface area contributed by atoms with Crippen LogP contribution in [-0.4, -0.2) is 22.4 Å². The highest BCUT2D eigenvalue weighted by molar-refractivity contribution is 5.55. The van der Waals surface area contributed by atoms with Gasteiger partial charge in [-0.05, 0) is 55.5 Å². The topological polar surface area (TPSA) is 38.2 Å². The van der Waals surface area contributed by atoms with Crippen LogP contribution < -0.4 is 9.64 Å². The first-order valence-electron chi connectivity index (χ1n) is 9.97. The van der Waals surface area contributed by atoms with E-state index < -0.39 is 18.0 Å². The number of hydrogen-bond acceptors (Lipinski definition) is 4. The van der Waals surface area contributed by atoms with Crippen molar-refractivity contribution >= 4 is 11.9 Å². The maximum Gasteiger partial charge on any atom is 0.417 e. The van der Waals surface area contributed by atoms with Gasteiger partial charge in [-0.2, -0.15) is 13.2 Å². The molecule has 2 heterocycles. The monoisotopic (exact) mass is 413 g/mol. The summed E-state index contributed by atoms with van der Waals surface area (Å²) in [5, 5.41) is 0. The van der Waals surface area contributed by atoms with Crippen molar-refractivity contribution in [2.45, 2.75) is 44.5 Å². The molecule has 0 bridgehead atoms. The minimum absolute atomic E-state index is 0.272. The molecule has 0 saturated heterocycles. The summed E-state index contributed by atoms with van der Waals surface area (Å²) in [6.45, 7) is 0. The number of aromatic nitrogens is 2. The van der Waals surface area contributed by atoms with E-state index in [0.29, 0.717) is 5.75 Å². The van der Waals surface area contributed by atoms with Gasteiger partial charge in [0.1, 0.15) is 5.75 Å². The number of anilines is 1. The summed E-state index contributed by atoms with van der Waals surface area (Å²) in [4.78, 5) is 9.43. The Morgan fingerprint density at radius 1 is 1.10 bits per heavy atom. The summed E-state index contributed by atoms with van der Waals surface area (Å²) >= 11 is 0. The Morgan fingerprint density at radius 3 is 2.67 bits per heavy atom. The number of ether oxygens (including phenoxy) is 1. The van der Waals surface area contributed by atoms with Crippen molar-refractivity contribution in [2.24, 2.45) is 0 Å². The Hall–Kier alpha value is -3.09. The Bertz CT molecular complexity index is 959. The highest BCUT2D eigenvalue weighted by atomic mass is 19.4. The molecule has 1 aromatic carbocycles. The number of nitrogens with zero attached hydrogens (tertiary/aromatic N) is 3. The molecule has 0 N–H and O–H groups in total. The number of allylic oxidation sites excluding steroid dienone is 3. The summed E-state index contributed by atoms with van der Waals surface area (Å²) < 4.78 is 45.7. The smallest absolute Gasteiger partial charge is 0.417 e. The molecule has 0 amide bonds. The highest BCUT2D eigenvalue weighted by Crippen LogP contribution is 2.32. The van der Waals surface area contributed by atoms with Gasteiger partial charge in [-0.25, -0.2) is 4.98 Å². The van der Waals surface area contributed by atoms with Crippen molar-refractivity contribution in [3.63, 3.8) is 0 Å². The van der Waals surface area contributed by atoms with E-state index in [4.69, 9.17) is 4.74 Å². The van der Waals surface area contributed by atoms with Crippen molar-refractivity contribution in [1.82, 2.24) is 9.97 Å². The minimum Gasteiger partial charge on any atom is -0.467 e. The molecule has 1 saturated carbocycles. The molecule has 1 aromatic heterocycles. The molecule has 1 aliphatic carbocycles. The van der Waals surface area contributed by atoms with Gasteiger partial charge >= 0.3 is 6.18 Å². The lowest BCUT2D eigenvalue weighted by atomic mass is 9.93. The first-order valence-corrected chi connectivity index (χ1v) is 9.97. The maximum absolute atomic E-state index is 13.2. The van der Waals surface area contributed by atoms with Crippen molar-refractivity contribution in [3.05, 3.63) is 77.9 Å². The largest absolute Gasteiger partial charge is 0.467 e. The molecule has 4 nitrogen and oxygen atoms in total. The van der Waals surface area contributed by atoms with E-state index in [1.165, 1.54) is 54.4 Å². The molecule has 1 fully saturated rings. The molecule has 4 rings (SSSR count). The van der Waals surface area contributed by atoms with Gasteiger partial charge in [-0.1, -0.05) is 30.2 Å². The summed E-state index contributed by atoms with van der Waals surface area (Å²) in [5.74, 6) is 0.849. The average Bonchev–Trinajstić information content (AvgIpc) is 2.75. The molecule has 1 aliphatic heterocycles. The molecule has 1 atom stereocenters. The first kappa shape index (κ1) is 20.2. The predicted octanol–water partition coefficient (Wildman–Crippen LogP) is 6.05. The van der Waals surface area contributed by atoms with E-state index >= 15 is 0 Å². The molecule has 2 aromatic rings. The summed E-state index contributed by atoms with van der Waals surface area (Å²) in [7, 11) is 0.